The van der Waals surface area contributed by atoms with Gasteiger partial charge in [-0.05, 0) is 67.9 Å². The van der Waals surface area contributed by atoms with Gasteiger partial charge in [0.25, 0.3) is 5.78 Å². The van der Waals surface area contributed by atoms with E-state index >= 15 is 0 Å². The Balaban J connectivity index is 1.67. The van der Waals surface area contributed by atoms with Gasteiger partial charge in [-0.2, -0.15) is 0 Å². The quantitative estimate of drug-likeness (QED) is 0.211. The lowest BCUT2D eigenvalue weighted by atomic mass is 9.95. The van der Waals surface area contributed by atoms with E-state index in [-0.39, 0.29) is 17.3 Å². The van der Waals surface area contributed by atoms with Gasteiger partial charge in [0.15, 0.2) is 0 Å². The highest BCUT2D eigenvalue weighted by Gasteiger charge is 2.48. The number of carbonyl (C=O) groups is 2. The Labute approximate surface area is 214 Å². The van der Waals surface area contributed by atoms with Gasteiger partial charge >= 0.3 is 5.91 Å². The number of aliphatic hydroxyl groups is 1. The van der Waals surface area contributed by atoms with Crippen LogP contribution in [0.3, 0.4) is 0 Å². The monoisotopic (exact) mass is 496 g/mol. The number of para-hydroxylation sites is 2. The average Bonchev–Trinajstić information content (AvgIpc) is 3.47. The molecular weight excluding hydrogens is 468 g/mol. The summed E-state index contributed by atoms with van der Waals surface area (Å²) in [5, 5.41) is 11.3. The number of hydrogen-bond donors (Lipinski definition) is 2. The van der Waals surface area contributed by atoms with Gasteiger partial charge in [-0.3, -0.25) is 14.5 Å². The topological polar surface area (TPSA) is 98.8 Å². The number of amides is 1. The second kappa shape index (κ2) is 9.81. The summed E-state index contributed by atoms with van der Waals surface area (Å²) in [5.41, 5.74) is 3.55. The summed E-state index contributed by atoms with van der Waals surface area (Å²) in [4.78, 5) is 38.1. The van der Waals surface area contributed by atoms with Gasteiger partial charge in [0, 0.05) is 24.3 Å². The van der Waals surface area contributed by atoms with Crippen molar-refractivity contribution in [3.8, 4) is 5.75 Å². The number of aliphatic hydroxyl groups excluding tert-OH is 1. The summed E-state index contributed by atoms with van der Waals surface area (Å²) in [5.74, 6) is -0.923. The number of nitrogens with zero attached hydrogens (tertiary/aromatic N) is 3. The lowest BCUT2D eigenvalue weighted by molar-refractivity contribution is -0.132. The highest BCUT2D eigenvalue weighted by atomic mass is 16.5. The first-order valence-electron chi connectivity index (χ1n) is 12.2. The molecule has 1 atom stereocenters. The van der Waals surface area contributed by atoms with Crippen molar-refractivity contribution in [1.29, 1.82) is 0 Å². The Morgan fingerprint density at radius 3 is 2.30 bits per heavy atom. The van der Waals surface area contributed by atoms with E-state index in [0.717, 1.165) is 24.3 Å². The van der Waals surface area contributed by atoms with Crippen molar-refractivity contribution in [2.24, 2.45) is 0 Å². The molecule has 1 amide bonds. The molecule has 1 fully saturated rings. The molecule has 8 nitrogen and oxygen atoms in total. The SMILES string of the molecule is CCN(CC)c1ccc(C2/C(=C(\O)c3ccc(OC)cc3)C(=O)C(=O)N2c2nc3ccccc3[nH]2)cc1. The molecule has 1 saturated heterocycles. The lowest BCUT2D eigenvalue weighted by Gasteiger charge is -2.25. The molecule has 1 aliphatic heterocycles. The molecule has 37 heavy (non-hydrogen) atoms. The van der Waals surface area contributed by atoms with Crippen molar-refractivity contribution in [1.82, 2.24) is 9.97 Å². The first kappa shape index (κ1) is 24.1. The van der Waals surface area contributed by atoms with Crippen LogP contribution < -0.4 is 14.5 Å². The van der Waals surface area contributed by atoms with Crippen molar-refractivity contribution >= 4 is 40.1 Å². The molecule has 1 aliphatic rings. The van der Waals surface area contributed by atoms with Gasteiger partial charge in [-0.1, -0.05) is 24.3 Å². The fourth-order valence-electron chi connectivity index (χ4n) is 4.78. The molecule has 0 aliphatic carbocycles. The summed E-state index contributed by atoms with van der Waals surface area (Å²) in [6.45, 7) is 5.88. The molecule has 5 rings (SSSR count). The fourth-order valence-corrected chi connectivity index (χ4v) is 4.78. The van der Waals surface area contributed by atoms with E-state index < -0.39 is 17.7 Å². The van der Waals surface area contributed by atoms with Gasteiger partial charge < -0.3 is 19.7 Å². The van der Waals surface area contributed by atoms with Crippen LogP contribution in [0.4, 0.5) is 11.6 Å². The van der Waals surface area contributed by atoms with E-state index in [4.69, 9.17) is 4.74 Å². The van der Waals surface area contributed by atoms with Crippen LogP contribution in [0, 0.1) is 0 Å². The van der Waals surface area contributed by atoms with Crippen LogP contribution in [0.5, 0.6) is 5.75 Å². The van der Waals surface area contributed by atoms with Gasteiger partial charge in [-0.25, -0.2) is 4.98 Å². The minimum atomic E-state index is -0.867. The molecule has 0 spiro atoms. The van der Waals surface area contributed by atoms with Crippen LogP contribution in [0.25, 0.3) is 16.8 Å². The predicted molar refractivity (Wildman–Crippen MR) is 144 cm³/mol. The van der Waals surface area contributed by atoms with E-state index in [1.54, 1.807) is 31.4 Å². The third-order valence-corrected chi connectivity index (χ3v) is 6.75. The smallest absolute Gasteiger partial charge is 0.302 e. The number of carbonyl (C=O) groups excluding carboxylic acids is 2. The standard InChI is InChI=1S/C29H28N4O4/c1-4-32(5-2)20-14-10-18(11-15-20)25-24(26(34)19-12-16-21(37-3)17-13-19)27(35)28(36)33(25)29-30-22-8-6-7-9-23(22)31-29/h6-17,25,34H,4-5H2,1-3H3,(H,30,31)/b26-24+. The van der Waals surface area contributed by atoms with Crippen LogP contribution in [0.1, 0.15) is 31.0 Å². The summed E-state index contributed by atoms with van der Waals surface area (Å²) in [6, 6.07) is 21.0. The van der Waals surface area contributed by atoms with Gasteiger partial charge in [0.2, 0.25) is 5.95 Å². The second-order valence-electron chi connectivity index (χ2n) is 8.74. The zero-order valence-electron chi connectivity index (χ0n) is 20.9. The van der Waals surface area contributed by atoms with Gasteiger partial charge in [-0.15, -0.1) is 0 Å². The van der Waals surface area contributed by atoms with Crippen molar-refractivity contribution in [2.45, 2.75) is 19.9 Å². The first-order valence-corrected chi connectivity index (χ1v) is 12.2. The molecule has 1 unspecified atom stereocenters. The zero-order valence-corrected chi connectivity index (χ0v) is 20.9. The number of nitrogens with one attached hydrogen (secondary N) is 1. The number of H-pyrrole nitrogens is 1. The maximum atomic E-state index is 13.4. The number of benzene rings is 3. The Kier molecular flexibility index (Phi) is 6.40. The molecule has 0 bridgehead atoms. The molecule has 4 aromatic rings. The summed E-state index contributed by atoms with van der Waals surface area (Å²) in [6.07, 6.45) is 0. The lowest BCUT2D eigenvalue weighted by Crippen LogP contribution is -2.30. The molecule has 0 saturated carbocycles. The molecule has 0 radical (unpaired) electrons. The van der Waals surface area contributed by atoms with E-state index in [1.165, 1.54) is 4.90 Å². The number of ether oxygens (including phenoxy) is 1. The second-order valence-corrected chi connectivity index (χ2v) is 8.74. The normalized spacial score (nSPS) is 16.9. The fraction of sp³-hybridized carbons (Fsp3) is 0.207. The minimum Gasteiger partial charge on any atom is -0.507 e. The summed E-state index contributed by atoms with van der Waals surface area (Å²) >= 11 is 0. The number of ketones is 1. The number of rotatable bonds is 7. The third kappa shape index (κ3) is 4.20. The molecular formula is C29H28N4O4. The molecule has 188 valence electrons. The Morgan fingerprint density at radius 1 is 1.00 bits per heavy atom. The molecule has 8 heteroatoms. The number of Topliss-reactive ketones (excluding diaryl/α,β-unsaturated/α-hetero) is 1. The highest BCUT2D eigenvalue weighted by molar-refractivity contribution is 6.51. The molecule has 2 heterocycles. The highest BCUT2D eigenvalue weighted by Crippen LogP contribution is 2.42. The van der Waals surface area contributed by atoms with Crippen LogP contribution >= 0.6 is 0 Å². The van der Waals surface area contributed by atoms with E-state index in [9.17, 15) is 14.7 Å². The van der Waals surface area contributed by atoms with E-state index in [0.29, 0.717) is 22.4 Å². The van der Waals surface area contributed by atoms with E-state index in [2.05, 4.69) is 28.7 Å². The largest absolute Gasteiger partial charge is 0.507 e. The molecule has 1 aromatic heterocycles. The number of aromatic amines is 1. The van der Waals surface area contributed by atoms with Gasteiger partial charge in [0.05, 0.1) is 29.8 Å². The van der Waals surface area contributed by atoms with Crippen LogP contribution in [0.2, 0.25) is 0 Å². The van der Waals surface area contributed by atoms with Crippen molar-refractivity contribution in [2.75, 3.05) is 30.0 Å². The van der Waals surface area contributed by atoms with Crippen LogP contribution in [-0.4, -0.2) is 47.0 Å². The van der Waals surface area contributed by atoms with Crippen molar-refractivity contribution in [3.63, 3.8) is 0 Å². The van der Waals surface area contributed by atoms with Crippen molar-refractivity contribution < 1.29 is 19.4 Å². The first-order chi connectivity index (χ1) is 18.0. The Bertz CT molecular complexity index is 1450. The Hall–Kier alpha value is -4.59. The molecule has 2 N–H and O–H groups in total. The number of methoxy groups -OCH3 is 1. The maximum absolute atomic E-state index is 13.4. The number of anilines is 2. The minimum absolute atomic E-state index is 0.00575. The third-order valence-electron chi connectivity index (χ3n) is 6.75. The number of fused-ring (bicyclic) bond motifs is 1. The summed E-state index contributed by atoms with van der Waals surface area (Å²) < 4.78 is 5.21. The number of hydrogen-bond acceptors (Lipinski definition) is 6. The van der Waals surface area contributed by atoms with Crippen molar-refractivity contribution in [3.05, 3.63) is 89.5 Å². The maximum Gasteiger partial charge on any atom is 0.302 e. The van der Waals surface area contributed by atoms with Crippen LogP contribution in [-0.2, 0) is 9.59 Å². The number of imidazole rings is 1. The van der Waals surface area contributed by atoms with Crippen LogP contribution in [0.15, 0.2) is 78.4 Å². The van der Waals surface area contributed by atoms with Gasteiger partial charge in [0.1, 0.15) is 11.5 Å². The average molecular weight is 497 g/mol. The molecule has 3 aromatic carbocycles. The zero-order chi connectivity index (χ0) is 26.1. The number of aromatic nitrogens is 2. The summed E-state index contributed by atoms with van der Waals surface area (Å²) in [7, 11) is 1.55. The predicted octanol–water partition coefficient (Wildman–Crippen LogP) is 5.04. The van der Waals surface area contributed by atoms with E-state index in [1.807, 2.05) is 48.5 Å². The Morgan fingerprint density at radius 2 is 1.68 bits per heavy atom.